The molecule has 1 heterocycles. The molecule has 148 valence electrons. The van der Waals surface area contributed by atoms with E-state index in [0.717, 1.165) is 0 Å². The zero-order chi connectivity index (χ0) is 20.6. The summed E-state index contributed by atoms with van der Waals surface area (Å²) in [5.41, 5.74) is 2.14. The van der Waals surface area contributed by atoms with Gasteiger partial charge in [0.05, 0.1) is 12.7 Å². The smallest absolute Gasteiger partial charge is 0.337 e. The molecule has 0 atom stereocenters. The van der Waals surface area contributed by atoms with E-state index in [4.69, 9.17) is 0 Å². The topological polar surface area (TPSA) is 80.3 Å². The number of rotatable bonds is 7. The number of pyridine rings is 1. The number of carbonyl (C=O) groups excluding carboxylic acids is 2. The van der Waals surface area contributed by atoms with E-state index < -0.39 is 5.97 Å². The minimum Gasteiger partial charge on any atom is -0.465 e. The van der Waals surface area contributed by atoms with Gasteiger partial charge in [-0.2, -0.15) is 0 Å². The summed E-state index contributed by atoms with van der Waals surface area (Å²) in [6, 6.07) is 16.4. The van der Waals surface area contributed by atoms with Gasteiger partial charge in [0, 0.05) is 24.0 Å². The summed E-state index contributed by atoms with van der Waals surface area (Å²) in [6.07, 6.45) is 1.93. The maximum atomic E-state index is 13.6. The van der Waals surface area contributed by atoms with Crippen molar-refractivity contribution in [1.82, 2.24) is 10.3 Å². The Morgan fingerprint density at radius 1 is 1.03 bits per heavy atom. The fraction of sp³-hybridized carbons (Fsp3) is 0.136. The maximum Gasteiger partial charge on any atom is 0.337 e. The lowest BCUT2D eigenvalue weighted by Gasteiger charge is -2.09. The van der Waals surface area contributed by atoms with Gasteiger partial charge in [0.15, 0.2) is 0 Å². The molecule has 29 heavy (non-hydrogen) atoms. The molecular formula is C22H20FN3O3. The molecule has 0 spiro atoms. The van der Waals surface area contributed by atoms with Crippen molar-refractivity contribution in [2.24, 2.45) is 0 Å². The van der Waals surface area contributed by atoms with Crippen molar-refractivity contribution in [3.05, 3.63) is 89.4 Å². The van der Waals surface area contributed by atoms with E-state index in [1.54, 1.807) is 54.6 Å². The molecule has 6 nitrogen and oxygen atoms in total. The molecule has 0 aliphatic rings. The second-order valence-corrected chi connectivity index (χ2v) is 6.22. The van der Waals surface area contributed by atoms with Crippen LogP contribution in [0.1, 0.15) is 26.3 Å². The number of hydrogen-bond acceptors (Lipinski definition) is 5. The molecule has 0 fully saturated rings. The van der Waals surface area contributed by atoms with Crippen LogP contribution < -0.4 is 10.6 Å². The zero-order valence-corrected chi connectivity index (χ0v) is 15.8. The lowest BCUT2D eigenvalue weighted by molar-refractivity contribution is 0.0600. The molecule has 0 unspecified atom stereocenters. The van der Waals surface area contributed by atoms with Crippen molar-refractivity contribution in [3.8, 4) is 0 Å². The number of halogens is 1. The van der Waals surface area contributed by atoms with Crippen LogP contribution in [0.25, 0.3) is 0 Å². The van der Waals surface area contributed by atoms with E-state index in [1.807, 2.05) is 0 Å². The van der Waals surface area contributed by atoms with Crippen LogP contribution in [0, 0.1) is 5.82 Å². The number of benzene rings is 2. The van der Waals surface area contributed by atoms with Crippen molar-refractivity contribution in [1.29, 1.82) is 0 Å². The van der Waals surface area contributed by atoms with Crippen molar-refractivity contribution in [3.63, 3.8) is 0 Å². The maximum absolute atomic E-state index is 13.6. The first-order valence-electron chi connectivity index (χ1n) is 9.00. The average molecular weight is 393 g/mol. The van der Waals surface area contributed by atoms with Gasteiger partial charge in [-0.15, -0.1) is 0 Å². The summed E-state index contributed by atoms with van der Waals surface area (Å²) >= 11 is 0. The van der Waals surface area contributed by atoms with Crippen LogP contribution in [0.4, 0.5) is 15.9 Å². The SMILES string of the molecule is COC(=O)c1ccc(Nc2cc(C(=O)NCCc3ccccc3F)ccn2)cc1. The standard InChI is InChI=1S/C22H20FN3O3/c1-29-22(28)16-6-8-18(9-7-16)26-20-14-17(11-12-24-20)21(27)25-13-10-15-4-2-3-5-19(15)23/h2-9,11-12,14H,10,13H2,1H3,(H,24,26)(H,25,27). The molecule has 1 amide bonds. The van der Waals surface area contributed by atoms with Gasteiger partial charge >= 0.3 is 5.97 Å². The Labute approximate surface area is 167 Å². The lowest BCUT2D eigenvalue weighted by atomic mass is 10.1. The van der Waals surface area contributed by atoms with Crippen LogP contribution >= 0.6 is 0 Å². The van der Waals surface area contributed by atoms with Crippen molar-refractivity contribution in [2.75, 3.05) is 19.0 Å². The quantitative estimate of drug-likeness (QED) is 0.598. The van der Waals surface area contributed by atoms with Crippen LogP contribution in [0.15, 0.2) is 66.9 Å². The zero-order valence-electron chi connectivity index (χ0n) is 15.8. The first-order valence-corrected chi connectivity index (χ1v) is 9.00. The molecule has 0 bridgehead atoms. The second-order valence-electron chi connectivity index (χ2n) is 6.22. The summed E-state index contributed by atoms with van der Waals surface area (Å²) in [4.78, 5) is 28.0. The number of hydrogen-bond donors (Lipinski definition) is 2. The number of esters is 1. The summed E-state index contributed by atoms with van der Waals surface area (Å²) in [5, 5.41) is 5.86. The van der Waals surface area contributed by atoms with Crippen LogP contribution in [0.2, 0.25) is 0 Å². The molecule has 2 N–H and O–H groups in total. The number of anilines is 2. The summed E-state index contributed by atoms with van der Waals surface area (Å²) < 4.78 is 18.3. The van der Waals surface area contributed by atoms with Gasteiger partial charge in [-0.05, 0) is 54.4 Å². The van der Waals surface area contributed by atoms with Gasteiger partial charge in [0.25, 0.3) is 5.91 Å². The summed E-state index contributed by atoms with van der Waals surface area (Å²) in [6.45, 7) is 0.319. The highest BCUT2D eigenvalue weighted by molar-refractivity contribution is 5.95. The first-order chi connectivity index (χ1) is 14.1. The Kier molecular flexibility index (Phi) is 6.52. The highest BCUT2D eigenvalue weighted by Crippen LogP contribution is 2.17. The molecule has 0 saturated heterocycles. The van der Waals surface area contributed by atoms with E-state index in [0.29, 0.717) is 41.2 Å². The summed E-state index contributed by atoms with van der Waals surface area (Å²) in [7, 11) is 1.32. The van der Waals surface area contributed by atoms with Gasteiger partial charge in [-0.25, -0.2) is 14.2 Å². The third-order valence-corrected chi connectivity index (χ3v) is 4.24. The van der Waals surface area contributed by atoms with Crippen molar-refractivity contribution < 1.29 is 18.7 Å². The van der Waals surface area contributed by atoms with Crippen LogP contribution in [0.3, 0.4) is 0 Å². The molecule has 7 heteroatoms. The third kappa shape index (κ3) is 5.38. The average Bonchev–Trinajstić information content (AvgIpc) is 2.75. The molecule has 0 radical (unpaired) electrons. The number of aromatic nitrogens is 1. The predicted octanol–water partition coefficient (Wildman–Crippen LogP) is 3.72. The largest absolute Gasteiger partial charge is 0.465 e. The van der Waals surface area contributed by atoms with Gasteiger partial charge in [-0.1, -0.05) is 18.2 Å². The number of carbonyl (C=O) groups is 2. The molecular weight excluding hydrogens is 373 g/mol. The number of nitrogens with one attached hydrogen (secondary N) is 2. The number of nitrogens with zero attached hydrogens (tertiary/aromatic N) is 1. The van der Waals surface area contributed by atoms with Gasteiger partial charge in [0.2, 0.25) is 0 Å². The van der Waals surface area contributed by atoms with E-state index in [9.17, 15) is 14.0 Å². The highest BCUT2D eigenvalue weighted by atomic mass is 19.1. The molecule has 3 rings (SSSR count). The van der Waals surface area contributed by atoms with E-state index in [2.05, 4.69) is 20.4 Å². The molecule has 2 aromatic carbocycles. The third-order valence-electron chi connectivity index (χ3n) is 4.24. The van der Waals surface area contributed by atoms with E-state index in [1.165, 1.54) is 19.4 Å². The van der Waals surface area contributed by atoms with Gasteiger partial charge in [0.1, 0.15) is 11.6 Å². The Hall–Kier alpha value is -3.74. The van der Waals surface area contributed by atoms with Gasteiger partial charge < -0.3 is 15.4 Å². The molecule has 0 aliphatic carbocycles. The number of amides is 1. The fourth-order valence-electron chi connectivity index (χ4n) is 2.71. The van der Waals surface area contributed by atoms with Crippen LogP contribution in [-0.4, -0.2) is 30.5 Å². The molecule has 1 aromatic heterocycles. The lowest BCUT2D eigenvalue weighted by Crippen LogP contribution is -2.26. The van der Waals surface area contributed by atoms with Crippen molar-refractivity contribution >= 4 is 23.4 Å². The first kappa shape index (κ1) is 20.0. The van der Waals surface area contributed by atoms with Gasteiger partial charge in [-0.3, -0.25) is 4.79 Å². The fourth-order valence-corrected chi connectivity index (χ4v) is 2.71. The van der Waals surface area contributed by atoms with E-state index in [-0.39, 0.29) is 11.7 Å². The Morgan fingerprint density at radius 2 is 1.79 bits per heavy atom. The van der Waals surface area contributed by atoms with E-state index >= 15 is 0 Å². The Morgan fingerprint density at radius 3 is 2.52 bits per heavy atom. The second kappa shape index (κ2) is 9.45. The minimum absolute atomic E-state index is 0.271. The molecule has 0 saturated carbocycles. The Bertz CT molecular complexity index is 1010. The summed E-state index contributed by atoms with van der Waals surface area (Å²) in [5.74, 6) is -0.482. The molecule has 0 aliphatic heterocycles. The highest BCUT2D eigenvalue weighted by Gasteiger charge is 2.09. The number of ether oxygens (including phenoxy) is 1. The predicted molar refractivity (Wildman–Crippen MR) is 108 cm³/mol. The van der Waals surface area contributed by atoms with Crippen LogP contribution in [-0.2, 0) is 11.2 Å². The monoisotopic (exact) mass is 393 g/mol. The van der Waals surface area contributed by atoms with Crippen LogP contribution in [0.5, 0.6) is 0 Å². The number of methoxy groups -OCH3 is 1. The van der Waals surface area contributed by atoms with Crippen molar-refractivity contribution in [2.45, 2.75) is 6.42 Å². The molecule has 3 aromatic rings. The minimum atomic E-state index is -0.413. The Balaban J connectivity index is 1.59. The normalized spacial score (nSPS) is 10.3.